The molecule has 2 rings (SSSR count). The van der Waals surface area contributed by atoms with Gasteiger partial charge in [-0.1, -0.05) is 24.3 Å². The van der Waals surface area contributed by atoms with E-state index in [1.807, 2.05) is 0 Å². The number of nitrogens with zero attached hydrogens (tertiary/aromatic N) is 2. The number of Topliss-reactive ketones (excluding diaryl/α,β-unsaturated/α-hetero) is 1. The summed E-state index contributed by atoms with van der Waals surface area (Å²) in [6.45, 7) is 2.96. The molecule has 0 heterocycles. The van der Waals surface area contributed by atoms with Crippen LogP contribution in [0.3, 0.4) is 0 Å². The summed E-state index contributed by atoms with van der Waals surface area (Å²) in [5.41, 5.74) is 3.49. The molecule has 0 saturated heterocycles. The van der Waals surface area contributed by atoms with E-state index in [9.17, 15) is 20.0 Å². The molecule has 1 aliphatic carbocycles. The molecule has 1 aromatic carbocycles. The molecule has 0 radical (unpaired) electrons. The molecule has 8 nitrogen and oxygen atoms in total. The Labute approximate surface area is 144 Å². The van der Waals surface area contributed by atoms with Crippen molar-refractivity contribution in [3.8, 4) is 0 Å². The number of rotatable bonds is 5. The molecule has 25 heavy (non-hydrogen) atoms. The van der Waals surface area contributed by atoms with Gasteiger partial charge in [-0.25, -0.2) is 0 Å². The van der Waals surface area contributed by atoms with Crippen molar-refractivity contribution in [2.24, 2.45) is 5.10 Å². The Hall–Kier alpha value is -3.42. The number of para-hydroxylation sites is 1. The lowest BCUT2D eigenvalue weighted by atomic mass is 10.1. The van der Waals surface area contributed by atoms with E-state index >= 15 is 0 Å². The highest BCUT2D eigenvalue weighted by molar-refractivity contribution is 6.49. The first-order valence-electron chi connectivity index (χ1n) is 7.46. The molecule has 8 heteroatoms. The van der Waals surface area contributed by atoms with Crippen molar-refractivity contribution in [3.63, 3.8) is 0 Å². The summed E-state index contributed by atoms with van der Waals surface area (Å²) in [6, 6.07) is 7.37. The molecule has 130 valence electrons. The van der Waals surface area contributed by atoms with Crippen molar-refractivity contribution >= 4 is 28.8 Å². The Morgan fingerprint density at radius 1 is 1.16 bits per heavy atom. The second-order valence-corrected chi connectivity index (χ2v) is 5.39. The van der Waals surface area contributed by atoms with Gasteiger partial charge < -0.3 is 15.7 Å². The fourth-order valence-corrected chi connectivity index (χ4v) is 2.08. The molecule has 0 saturated carbocycles. The van der Waals surface area contributed by atoms with Gasteiger partial charge in [-0.05, 0) is 37.6 Å². The summed E-state index contributed by atoms with van der Waals surface area (Å²) in [6.07, 6.45) is 4.47. The summed E-state index contributed by atoms with van der Waals surface area (Å²) >= 11 is 0. The molecule has 0 fully saturated rings. The summed E-state index contributed by atoms with van der Waals surface area (Å²) in [5, 5.41) is 28.7. The van der Waals surface area contributed by atoms with Crippen molar-refractivity contribution in [2.75, 3.05) is 5.32 Å². The molecule has 1 aliphatic rings. The largest absolute Gasteiger partial charge is 0.612 e. The minimum absolute atomic E-state index is 0.0364. The summed E-state index contributed by atoms with van der Waals surface area (Å²) in [4.78, 5) is 23.4. The molecule has 0 spiro atoms. The number of carbonyl (C=O) groups is 2. The number of ketones is 1. The second-order valence-electron chi connectivity index (χ2n) is 5.39. The Kier molecular flexibility index (Phi) is 5.67. The van der Waals surface area contributed by atoms with Crippen LogP contribution >= 0.6 is 0 Å². The Morgan fingerprint density at radius 3 is 2.44 bits per heavy atom. The fourth-order valence-electron chi connectivity index (χ4n) is 2.08. The van der Waals surface area contributed by atoms with Crippen LogP contribution in [-0.4, -0.2) is 34.1 Å². The molecular weight excluding hydrogens is 324 g/mol. The van der Waals surface area contributed by atoms with E-state index < -0.39 is 22.6 Å². The zero-order valence-corrected chi connectivity index (χ0v) is 13.7. The van der Waals surface area contributed by atoms with Crippen LogP contribution in [0.4, 0.5) is 5.69 Å². The maximum atomic E-state index is 12.3. The van der Waals surface area contributed by atoms with Crippen LogP contribution in [0.1, 0.15) is 13.8 Å². The van der Waals surface area contributed by atoms with Gasteiger partial charge in [0, 0.05) is 11.8 Å². The number of hydrazone groups is 1. The monoisotopic (exact) mass is 341 g/mol. The predicted octanol–water partition coefficient (Wildman–Crippen LogP) is 1.49. The van der Waals surface area contributed by atoms with Gasteiger partial charge in [0.25, 0.3) is 11.6 Å². The van der Waals surface area contributed by atoms with E-state index in [2.05, 4.69) is 15.8 Å². The van der Waals surface area contributed by atoms with Crippen LogP contribution in [0, 0.1) is 10.4 Å². The third kappa shape index (κ3) is 4.77. The summed E-state index contributed by atoms with van der Waals surface area (Å²) in [7, 11) is 0. The minimum Gasteiger partial charge on any atom is -0.612 e. The number of anilines is 1. The number of nitrogens with one attached hydrogen (secondary N) is 2. The van der Waals surface area contributed by atoms with Crippen molar-refractivity contribution in [1.82, 2.24) is 5.43 Å². The smallest absolute Gasteiger partial charge is 0.256 e. The minimum atomic E-state index is -1.26. The number of hydrogen-bond acceptors (Lipinski definition) is 6. The zero-order chi connectivity index (χ0) is 18.4. The van der Waals surface area contributed by atoms with Crippen LogP contribution in [0.25, 0.3) is 0 Å². The zero-order valence-electron chi connectivity index (χ0n) is 13.7. The molecule has 0 bridgehead atoms. The Balaban J connectivity index is 2.17. The second kappa shape index (κ2) is 7.91. The maximum absolute atomic E-state index is 12.3. The van der Waals surface area contributed by atoms with E-state index in [0.29, 0.717) is 11.3 Å². The highest BCUT2D eigenvalue weighted by atomic mass is 16.8. The van der Waals surface area contributed by atoms with Crippen molar-refractivity contribution in [3.05, 3.63) is 64.5 Å². The van der Waals surface area contributed by atoms with E-state index in [1.54, 1.807) is 43.3 Å². The lowest BCUT2D eigenvalue weighted by Gasteiger charge is -2.16. The molecule has 1 unspecified atom stereocenters. The molecular formula is C17H17N4O4-. The van der Waals surface area contributed by atoms with E-state index in [4.69, 9.17) is 0 Å². The lowest BCUT2D eigenvalue weighted by molar-refractivity contribution is -0.375. The molecule has 0 aromatic heterocycles. The SMILES string of the molecule is CC(=O)C(NN=C1C=CC(C)=CC1=[N+]([O-])[O-])C(=O)Nc1ccccc1. The maximum Gasteiger partial charge on any atom is 0.256 e. The van der Waals surface area contributed by atoms with E-state index in [-0.39, 0.29) is 11.4 Å². The fraction of sp³-hybridized carbons (Fsp3) is 0.176. The topological polar surface area (TPSA) is 120 Å². The van der Waals surface area contributed by atoms with Crippen LogP contribution in [0.5, 0.6) is 0 Å². The number of amides is 1. The van der Waals surface area contributed by atoms with Gasteiger partial charge in [-0.2, -0.15) is 10.0 Å². The summed E-state index contributed by atoms with van der Waals surface area (Å²) in [5.74, 6) is -1.07. The lowest BCUT2D eigenvalue weighted by Crippen LogP contribution is -2.44. The van der Waals surface area contributed by atoms with Crippen molar-refractivity contribution < 1.29 is 14.5 Å². The van der Waals surface area contributed by atoms with Crippen LogP contribution in [0.15, 0.2) is 59.2 Å². The Morgan fingerprint density at radius 2 is 1.84 bits per heavy atom. The number of carbonyl (C=O) groups excluding carboxylic acids is 2. The van der Waals surface area contributed by atoms with Gasteiger partial charge in [0.05, 0.1) is 0 Å². The highest BCUT2D eigenvalue weighted by Crippen LogP contribution is 2.07. The van der Waals surface area contributed by atoms with Gasteiger partial charge in [-0.3, -0.25) is 15.0 Å². The van der Waals surface area contributed by atoms with Gasteiger partial charge >= 0.3 is 0 Å². The summed E-state index contributed by atoms with van der Waals surface area (Å²) < 4.78 is 0. The van der Waals surface area contributed by atoms with Crippen molar-refractivity contribution in [2.45, 2.75) is 19.9 Å². The third-order valence-electron chi connectivity index (χ3n) is 3.35. The number of benzene rings is 1. The van der Waals surface area contributed by atoms with Crippen molar-refractivity contribution in [1.29, 1.82) is 0 Å². The van der Waals surface area contributed by atoms with E-state index in [1.165, 1.54) is 19.1 Å². The average Bonchev–Trinajstić information content (AvgIpc) is 2.56. The first-order chi connectivity index (χ1) is 11.9. The van der Waals surface area contributed by atoms with Crippen LogP contribution < -0.4 is 10.7 Å². The molecule has 1 aromatic rings. The molecule has 1 atom stereocenters. The predicted molar refractivity (Wildman–Crippen MR) is 95.0 cm³/mol. The van der Waals surface area contributed by atoms with E-state index in [0.717, 1.165) is 0 Å². The number of allylic oxidation sites excluding steroid dienone is 4. The normalized spacial score (nSPS) is 16.2. The third-order valence-corrected chi connectivity index (χ3v) is 3.35. The van der Waals surface area contributed by atoms with Gasteiger partial charge in [0.15, 0.2) is 17.5 Å². The first kappa shape index (κ1) is 17.9. The molecule has 2 N–H and O–H groups in total. The standard InChI is InChI=1S/C17H17N4O4/c1-11-8-9-14(15(10-11)21(24)25)19-20-16(12(2)22)17(23)18-13-6-4-3-5-7-13/h3-10,16,20H,1-2H3,(H-,18,19,23,24,25)/q-1. The number of hydrogen-bond donors (Lipinski definition) is 2. The quantitative estimate of drug-likeness (QED) is 0.364. The molecule has 0 aliphatic heterocycles. The molecule has 1 amide bonds. The van der Waals surface area contributed by atoms with Gasteiger partial charge in [0.2, 0.25) is 0 Å². The van der Waals surface area contributed by atoms with Gasteiger partial charge in [0.1, 0.15) is 0 Å². The average molecular weight is 341 g/mol. The van der Waals surface area contributed by atoms with Crippen LogP contribution in [-0.2, 0) is 9.59 Å². The van der Waals surface area contributed by atoms with Gasteiger partial charge in [-0.15, -0.1) is 0 Å². The van der Waals surface area contributed by atoms with Crippen LogP contribution in [0.2, 0.25) is 0 Å². The highest BCUT2D eigenvalue weighted by Gasteiger charge is 2.24. The first-order valence-corrected chi connectivity index (χ1v) is 7.46. The Bertz CT molecular complexity index is 790.